The quantitative estimate of drug-likeness (QED) is 0.858. The summed E-state index contributed by atoms with van der Waals surface area (Å²) in [5.74, 6) is -0.600. The lowest BCUT2D eigenvalue weighted by molar-refractivity contribution is -0.139. The Morgan fingerprint density at radius 3 is 2.62 bits per heavy atom. The van der Waals surface area contributed by atoms with Crippen LogP contribution >= 0.6 is 0 Å². The second kappa shape index (κ2) is 7.53. The van der Waals surface area contributed by atoms with Gasteiger partial charge in [-0.15, -0.1) is 0 Å². The summed E-state index contributed by atoms with van der Waals surface area (Å²) in [5.41, 5.74) is 1.40. The molecule has 126 valence electrons. The molecule has 0 aromatic heterocycles. The van der Waals surface area contributed by atoms with Gasteiger partial charge in [-0.05, 0) is 35.7 Å². The second-order valence-electron chi connectivity index (χ2n) is 5.84. The van der Waals surface area contributed by atoms with Gasteiger partial charge in [-0.3, -0.25) is 4.79 Å². The number of carbonyl (C=O) groups is 1. The fraction of sp³-hybridized carbons (Fsp3) is 0.316. The topological polar surface area (TPSA) is 29.5 Å². The Morgan fingerprint density at radius 1 is 1.12 bits per heavy atom. The first-order valence-corrected chi connectivity index (χ1v) is 8.02. The highest BCUT2D eigenvalue weighted by atomic mass is 19.1. The van der Waals surface area contributed by atoms with Gasteiger partial charge in [0.05, 0.1) is 13.2 Å². The van der Waals surface area contributed by atoms with E-state index in [0.717, 1.165) is 5.56 Å². The van der Waals surface area contributed by atoms with Gasteiger partial charge >= 0.3 is 0 Å². The van der Waals surface area contributed by atoms with E-state index in [1.807, 2.05) is 0 Å². The third kappa shape index (κ3) is 3.97. The average molecular weight is 331 g/mol. The number of nitrogens with zero attached hydrogens (tertiary/aromatic N) is 1. The fourth-order valence-electron chi connectivity index (χ4n) is 2.86. The van der Waals surface area contributed by atoms with Crippen molar-refractivity contribution in [3.63, 3.8) is 0 Å². The second-order valence-corrected chi connectivity index (χ2v) is 5.84. The van der Waals surface area contributed by atoms with Crippen LogP contribution < -0.4 is 0 Å². The number of ether oxygens (including phenoxy) is 1. The summed E-state index contributed by atoms with van der Waals surface area (Å²) in [4.78, 5) is 14.1. The first kappa shape index (κ1) is 16.6. The summed E-state index contributed by atoms with van der Waals surface area (Å²) >= 11 is 0. The van der Waals surface area contributed by atoms with E-state index in [0.29, 0.717) is 31.7 Å². The first-order chi connectivity index (χ1) is 11.6. The van der Waals surface area contributed by atoms with E-state index in [1.165, 1.54) is 18.2 Å². The maximum absolute atomic E-state index is 13.6. The SMILES string of the molecule is O=C(CCc1ccccc1F)N1CCOC(c2ccc(F)cc2)C1. The molecular weight excluding hydrogens is 312 g/mol. The van der Waals surface area contributed by atoms with Gasteiger partial charge in [0.1, 0.15) is 17.7 Å². The maximum atomic E-state index is 13.6. The molecular formula is C19H19F2NO2. The van der Waals surface area contributed by atoms with Crippen molar-refractivity contribution in [1.82, 2.24) is 4.90 Å². The monoisotopic (exact) mass is 331 g/mol. The highest BCUT2D eigenvalue weighted by Crippen LogP contribution is 2.23. The summed E-state index contributed by atoms with van der Waals surface area (Å²) in [6, 6.07) is 12.6. The number of morpholine rings is 1. The third-order valence-electron chi connectivity index (χ3n) is 4.23. The molecule has 0 radical (unpaired) electrons. The van der Waals surface area contributed by atoms with Crippen LogP contribution in [-0.4, -0.2) is 30.5 Å². The van der Waals surface area contributed by atoms with E-state index >= 15 is 0 Å². The van der Waals surface area contributed by atoms with Crippen molar-refractivity contribution in [2.45, 2.75) is 18.9 Å². The predicted octanol–water partition coefficient (Wildman–Crippen LogP) is 3.50. The molecule has 3 rings (SSSR count). The Kier molecular flexibility index (Phi) is 5.20. The molecule has 0 spiro atoms. The van der Waals surface area contributed by atoms with Crippen LogP contribution in [0, 0.1) is 11.6 Å². The van der Waals surface area contributed by atoms with Crippen molar-refractivity contribution < 1.29 is 18.3 Å². The van der Waals surface area contributed by atoms with Gasteiger partial charge in [0.2, 0.25) is 5.91 Å². The molecule has 0 saturated carbocycles. The van der Waals surface area contributed by atoms with E-state index in [9.17, 15) is 13.6 Å². The molecule has 1 aliphatic rings. The lowest BCUT2D eigenvalue weighted by Crippen LogP contribution is -2.42. The zero-order valence-corrected chi connectivity index (χ0v) is 13.3. The van der Waals surface area contributed by atoms with Crippen LogP contribution in [0.25, 0.3) is 0 Å². The largest absolute Gasteiger partial charge is 0.370 e. The van der Waals surface area contributed by atoms with Crippen LogP contribution in [0.2, 0.25) is 0 Å². The van der Waals surface area contributed by atoms with Crippen molar-refractivity contribution in [2.75, 3.05) is 19.7 Å². The Hall–Kier alpha value is -2.27. The molecule has 24 heavy (non-hydrogen) atoms. The summed E-state index contributed by atoms with van der Waals surface area (Å²) in [5, 5.41) is 0. The molecule has 3 nitrogen and oxygen atoms in total. The van der Waals surface area contributed by atoms with Crippen LogP contribution in [0.4, 0.5) is 8.78 Å². The molecule has 1 fully saturated rings. The molecule has 1 atom stereocenters. The van der Waals surface area contributed by atoms with Gasteiger partial charge in [0, 0.05) is 13.0 Å². The zero-order valence-electron chi connectivity index (χ0n) is 13.3. The molecule has 1 saturated heterocycles. The van der Waals surface area contributed by atoms with E-state index in [2.05, 4.69) is 0 Å². The van der Waals surface area contributed by atoms with Gasteiger partial charge in [-0.2, -0.15) is 0 Å². The lowest BCUT2D eigenvalue weighted by Gasteiger charge is -2.33. The number of benzene rings is 2. The number of aryl methyl sites for hydroxylation is 1. The highest BCUT2D eigenvalue weighted by molar-refractivity contribution is 5.76. The van der Waals surface area contributed by atoms with E-state index in [4.69, 9.17) is 4.74 Å². The molecule has 1 amide bonds. The smallest absolute Gasteiger partial charge is 0.223 e. The maximum Gasteiger partial charge on any atom is 0.223 e. The van der Waals surface area contributed by atoms with Crippen molar-refractivity contribution in [1.29, 1.82) is 0 Å². The standard InChI is InChI=1S/C19H19F2NO2/c20-16-8-5-15(6-9-16)18-13-22(11-12-24-18)19(23)10-7-14-3-1-2-4-17(14)21/h1-6,8-9,18H,7,10-13H2. The van der Waals surface area contributed by atoms with Gasteiger partial charge < -0.3 is 9.64 Å². The molecule has 0 aliphatic carbocycles. The molecule has 2 aromatic carbocycles. The van der Waals surface area contributed by atoms with Crippen molar-refractivity contribution in [3.05, 3.63) is 71.3 Å². The minimum Gasteiger partial charge on any atom is -0.370 e. The Bertz CT molecular complexity index is 703. The number of amides is 1. The minimum atomic E-state index is -0.299. The van der Waals surface area contributed by atoms with E-state index in [-0.39, 0.29) is 30.1 Å². The highest BCUT2D eigenvalue weighted by Gasteiger charge is 2.25. The Morgan fingerprint density at radius 2 is 1.88 bits per heavy atom. The molecule has 2 aromatic rings. The number of hydrogen-bond donors (Lipinski definition) is 0. The number of carbonyl (C=O) groups excluding carboxylic acids is 1. The van der Waals surface area contributed by atoms with Gasteiger partial charge in [0.15, 0.2) is 0 Å². The summed E-state index contributed by atoms with van der Waals surface area (Å²) in [6.07, 6.45) is 0.387. The van der Waals surface area contributed by atoms with Crippen LogP contribution in [-0.2, 0) is 16.0 Å². The Labute approximate surface area is 139 Å². The summed E-state index contributed by atoms with van der Waals surface area (Å²) in [7, 11) is 0. The first-order valence-electron chi connectivity index (χ1n) is 8.02. The summed E-state index contributed by atoms with van der Waals surface area (Å²) in [6.45, 7) is 1.39. The molecule has 1 heterocycles. The average Bonchev–Trinajstić information content (AvgIpc) is 2.61. The number of rotatable bonds is 4. The van der Waals surface area contributed by atoms with E-state index in [1.54, 1.807) is 35.2 Å². The van der Waals surface area contributed by atoms with Crippen LogP contribution in [0.5, 0.6) is 0 Å². The van der Waals surface area contributed by atoms with Crippen LogP contribution in [0.3, 0.4) is 0 Å². The van der Waals surface area contributed by atoms with Gasteiger partial charge in [0.25, 0.3) is 0 Å². The number of halogens is 2. The fourth-order valence-corrected chi connectivity index (χ4v) is 2.86. The minimum absolute atomic E-state index is 0.0198. The third-order valence-corrected chi connectivity index (χ3v) is 4.23. The van der Waals surface area contributed by atoms with Crippen LogP contribution in [0.1, 0.15) is 23.7 Å². The summed E-state index contributed by atoms with van der Waals surface area (Å²) < 4.78 is 32.3. The lowest BCUT2D eigenvalue weighted by atomic mass is 10.1. The molecule has 5 heteroatoms. The van der Waals surface area contributed by atoms with Gasteiger partial charge in [-0.25, -0.2) is 8.78 Å². The number of hydrogen-bond acceptors (Lipinski definition) is 2. The molecule has 1 aliphatic heterocycles. The van der Waals surface area contributed by atoms with Crippen molar-refractivity contribution in [3.8, 4) is 0 Å². The predicted molar refractivity (Wildman–Crippen MR) is 86.4 cm³/mol. The van der Waals surface area contributed by atoms with Crippen LogP contribution in [0.15, 0.2) is 48.5 Å². The van der Waals surface area contributed by atoms with E-state index < -0.39 is 0 Å². The van der Waals surface area contributed by atoms with Gasteiger partial charge in [-0.1, -0.05) is 30.3 Å². The molecule has 0 N–H and O–H groups in total. The zero-order chi connectivity index (χ0) is 16.9. The Balaban J connectivity index is 1.59. The normalized spacial score (nSPS) is 17.8. The molecule has 1 unspecified atom stereocenters. The van der Waals surface area contributed by atoms with Crippen molar-refractivity contribution in [2.24, 2.45) is 0 Å². The molecule has 0 bridgehead atoms. The van der Waals surface area contributed by atoms with Crippen molar-refractivity contribution >= 4 is 5.91 Å².